The topological polar surface area (TPSA) is 104 Å². The molecular formula is C23H27N3O6S. The van der Waals surface area contributed by atoms with Crippen LogP contribution in [0.3, 0.4) is 0 Å². The molecule has 10 heteroatoms. The second kappa shape index (κ2) is 9.40. The van der Waals surface area contributed by atoms with Crippen molar-refractivity contribution in [3.63, 3.8) is 0 Å². The van der Waals surface area contributed by atoms with Crippen LogP contribution in [0.5, 0.6) is 17.2 Å². The summed E-state index contributed by atoms with van der Waals surface area (Å²) in [6.07, 6.45) is 1.72. The molecule has 0 N–H and O–H groups in total. The number of benzene rings is 2. The van der Waals surface area contributed by atoms with E-state index in [4.69, 9.17) is 18.6 Å². The molecule has 0 atom stereocenters. The normalized spacial score (nSPS) is 15.4. The highest BCUT2D eigenvalue weighted by Crippen LogP contribution is 2.41. The van der Waals surface area contributed by atoms with Crippen LogP contribution in [0, 0.1) is 5.92 Å². The first-order valence-corrected chi connectivity index (χ1v) is 12.1. The summed E-state index contributed by atoms with van der Waals surface area (Å²) in [6, 6.07) is 9.99. The molecule has 1 fully saturated rings. The van der Waals surface area contributed by atoms with Gasteiger partial charge in [-0.15, -0.1) is 10.2 Å². The van der Waals surface area contributed by atoms with Crippen LogP contribution in [0.4, 0.5) is 0 Å². The molecule has 0 unspecified atom stereocenters. The summed E-state index contributed by atoms with van der Waals surface area (Å²) < 4.78 is 49.8. The van der Waals surface area contributed by atoms with Crippen LogP contribution >= 0.6 is 0 Å². The fraction of sp³-hybridized carbons (Fsp3) is 0.391. The number of rotatable bonds is 7. The van der Waals surface area contributed by atoms with E-state index in [-0.39, 0.29) is 16.7 Å². The highest BCUT2D eigenvalue weighted by Gasteiger charge is 2.28. The van der Waals surface area contributed by atoms with Gasteiger partial charge in [-0.1, -0.05) is 13.0 Å². The van der Waals surface area contributed by atoms with Crippen molar-refractivity contribution >= 4 is 10.0 Å². The lowest BCUT2D eigenvalue weighted by Gasteiger charge is -2.29. The molecule has 176 valence electrons. The zero-order valence-electron chi connectivity index (χ0n) is 19.1. The molecular weight excluding hydrogens is 446 g/mol. The minimum absolute atomic E-state index is 0.210. The lowest BCUT2D eigenvalue weighted by atomic mass is 10.0. The third-order valence-corrected chi connectivity index (χ3v) is 7.69. The van der Waals surface area contributed by atoms with Crippen molar-refractivity contribution in [2.75, 3.05) is 34.4 Å². The molecule has 9 nitrogen and oxygen atoms in total. The van der Waals surface area contributed by atoms with E-state index in [1.165, 1.54) is 21.3 Å². The van der Waals surface area contributed by atoms with Gasteiger partial charge in [-0.25, -0.2) is 8.42 Å². The van der Waals surface area contributed by atoms with Gasteiger partial charge in [0.2, 0.25) is 27.6 Å². The van der Waals surface area contributed by atoms with E-state index in [2.05, 4.69) is 17.1 Å². The van der Waals surface area contributed by atoms with Crippen molar-refractivity contribution in [3.05, 3.63) is 36.4 Å². The fourth-order valence-corrected chi connectivity index (χ4v) is 5.34. The van der Waals surface area contributed by atoms with Crippen molar-refractivity contribution in [2.24, 2.45) is 5.92 Å². The van der Waals surface area contributed by atoms with Gasteiger partial charge < -0.3 is 18.6 Å². The van der Waals surface area contributed by atoms with Gasteiger partial charge in [0.1, 0.15) is 0 Å². The molecule has 1 aliphatic heterocycles. The van der Waals surface area contributed by atoms with E-state index < -0.39 is 10.0 Å². The van der Waals surface area contributed by atoms with Crippen molar-refractivity contribution in [1.82, 2.24) is 14.5 Å². The largest absolute Gasteiger partial charge is 0.493 e. The minimum Gasteiger partial charge on any atom is -0.493 e. The smallest absolute Gasteiger partial charge is 0.248 e. The fourth-order valence-electron chi connectivity index (χ4n) is 3.83. The molecule has 3 aromatic rings. The second-order valence-electron chi connectivity index (χ2n) is 7.94. The number of methoxy groups -OCH3 is 3. The van der Waals surface area contributed by atoms with Crippen LogP contribution < -0.4 is 14.2 Å². The maximum Gasteiger partial charge on any atom is 0.248 e. The van der Waals surface area contributed by atoms with Gasteiger partial charge in [0.15, 0.2) is 11.5 Å². The molecule has 0 amide bonds. The molecule has 1 aromatic heterocycles. The Balaban J connectivity index is 1.65. The Morgan fingerprint density at radius 2 is 1.52 bits per heavy atom. The Labute approximate surface area is 193 Å². The molecule has 4 rings (SSSR count). The average molecular weight is 474 g/mol. The van der Waals surface area contributed by atoms with Crippen LogP contribution in [0.1, 0.15) is 19.8 Å². The molecule has 2 aromatic carbocycles. The summed E-state index contributed by atoms with van der Waals surface area (Å²) >= 11 is 0. The average Bonchev–Trinajstić information content (AvgIpc) is 3.34. The van der Waals surface area contributed by atoms with Crippen LogP contribution in [0.2, 0.25) is 0 Å². The molecule has 1 aliphatic rings. The third-order valence-electron chi connectivity index (χ3n) is 5.80. The lowest BCUT2D eigenvalue weighted by Crippen LogP contribution is -2.37. The molecule has 1 saturated heterocycles. The number of piperidine rings is 1. The van der Waals surface area contributed by atoms with Crippen molar-refractivity contribution < 1.29 is 27.0 Å². The number of nitrogens with zero attached hydrogens (tertiary/aromatic N) is 3. The number of hydrogen-bond donors (Lipinski definition) is 0. The highest BCUT2D eigenvalue weighted by atomic mass is 32.2. The molecule has 33 heavy (non-hydrogen) atoms. The number of sulfonamides is 1. The Morgan fingerprint density at radius 3 is 2.09 bits per heavy atom. The standard InChI is InChI=1S/C23H27N3O6S/c1-15-8-10-26(11-9-15)33(27,28)18-7-5-6-16(12-18)22-24-25-23(32-22)17-13-19(29-2)21(31-4)20(14-17)30-3/h5-7,12-15H,8-11H2,1-4H3. The summed E-state index contributed by atoms with van der Waals surface area (Å²) in [5, 5.41) is 8.25. The summed E-state index contributed by atoms with van der Waals surface area (Å²) in [4.78, 5) is 0.210. The van der Waals surface area contributed by atoms with E-state index in [1.807, 2.05) is 0 Å². The van der Waals surface area contributed by atoms with Gasteiger partial charge in [0.05, 0.1) is 26.2 Å². The summed E-state index contributed by atoms with van der Waals surface area (Å²) in [5.41, 5.74) is 1.10. The Morgan fingerprint density at radius 1 is 0.909 bits per heavy atom. The molecule has 0 spiro atoms. The first kappa shape index (κ1) is 23.1. The van der Waals surface area contributed by atoms with E-state index >= 15 is 0 Å². The maximum atomic E-state index is 13.1. The Hall–Kier alpha value is -3.11. The van der Waals surface area contributed by atoms with Crippen LogP contribution in [-0.2, 0) is 10.0 Å². The van der Waals surface area contributed by atoms with Gasteiger partial charge in [0, 0.05) is 24.2 Å². The predicted octanol–water partition coefficient (Wildman–Crippen LogP) is 3.85. The molecule has 0 radical (unpaired) electrons. The van der Waals surface area contributed by atoms with Crippen LogP contribution in [0.25, 0.3) is 22.9 Å². The van der Waals surface area contributed by atoms with Gasteiger partial charge in [-0.3, -0.25) is 0 Å². The van der Waals surface area contributed by atoms with E-state index in [9.17, 15) is 8.42 Å². The van der Waals surface area contributed by atoms with E-state index in [1.54, 1.807) is 40.7 Å². The maximum absolute atomic E-state index is 13.1. The summed E-state index contributed by atoms with van der Waals surface area (Å²) in [7, 11) is 0.980. The van der Waals surface area contributed by atoms with Gasteiger partial charge in [0.25, 0.3) is 0 Å². The van der Waals surface area contributed by atoms with Crippen LogP contribution in [-0.4, -0.2) is 57.3 Å². The zero-order chi connectivity index (χ0) is 23.6. The third kappa shape index (κ3) is 4.53. The summed E-state index contributed by atoms with van der Waals surface area (Å²) in [5.74, 6) is 2.35. The van der Waals surface area contributed by atoms with E-state index in [0.29, 0.717) is 47.4 Å². The molecule has 0 aliphatic carbocycles. The first-order valence-electron chi connectivity index (χ1n) is 10.6. The molecule has 0 bridgehead atoms. The Bertz CT molecular complexity index is 1210. The van der Waals surface area contributed by atoms with Crippen LogP contribution in [0.15, 0.2) is 45.7 Å². The van der Waals surface area contributed by atoms with Crippen molar-refractivity contribution in [3.8, 4) is 40.2 Å². The Kier molecular flexibility index (Phi) is 6.57. The van der Waals surface area contributed by atoms with E-state index in [0.717, 1.165) is 12.8 Å². The quantitative estimate of drug-likeness (QED) is 0.510. The predicted molar refractivity (Wildman–Crippen MR) is 122 cm³/mol. The lowest BCUT2D eigenvalue weighted by molar-refractivity contribution is 0.288. The SMILES string of the molecule is COc1cc(-c2nnc(-c3cccc(S(=O)(=O)N4CCC(C)CC4)c3)o2)cc(OC)c1OC. The second-order valence-corrected chi connectivity index (χ2v) is 9.88. The minimum atomic E-state index is -3.59. The number of ether oxygens (including phenoxy) is 3. The van der Waals surface area contributed by atoms with Gasteiger partial charge >= 0.3 is 0 Å². The van der Waals surface area contributed by atoms with Crippen molar-refractivity contribution in [2.45, 2.75) is 24.7 Å². The summed E-state index contributed by atoms with van der Waals surface area (Å²) in [6.45, 7) is 3.20. The first-order chi connectivity index (χ1) is 15.9. The van der Waals surface area contributed by atoms with Crippen molar-refractivity contribution in [1.29, 1.82) is 0 Å². The zero-order valence-corrected chi connectivity index (χ0v) is 19.9. The van der Waals surface area contributed by atoms with Gasteiger partial charge in [-0.05, 0) is 49.1 Å². The monoisotopic (exact) mass is 473 g/mol. The number of aromatic nitrogens is 2. The molecule has 0 saturated carbocycles. The molecule has 2 heterocycles. The van der Waals surface area contributed by atoms with Gasteiger partial charge in [-0.2, -0.15) is 4.31 Å². The number of hydrogen-bond acceptors (Lipinski definition) is 8. The highest BCUT2D eigenvalue weighted by molar-refractivity contribution is 7.89.